The van der Waals surface area contributed by atoms with Crippen molar-refractivity contribution in [1.82, 2.24) is 4.90 Å². The minimum atomic E-state index is -3.49. The second kappa shape index (κ2) is 8.65. The van der Waals surface area contributed by atoms with Crippen LogP contribution in [0.25, 0.3) is 0 Å². The second-order valence-corrected chi connectivity index (χ2v) is 9.87. The second-order valence-electron chi connectivity index (χ2n) is 9.87. The molecule has 1 N–H and O–H groups in total. The summed E-state index contributed by atoms with van der Waals surface area (Å²) in [7, 11) is 1.21. The molecule has 0 saturated carbocycles. The van der Waals surface area contributed by atoms with Crippen LogP contribution >= 0.6 is 0 Å². The summed E-state index contributed by atoms with van der Waals surface area (Å²) < 4.78 is 46.5. The van der Waals surface area contributed by atoms with E-state index >= 15 is 0 Å². The molecule has 186 valence electrons. The van der Waals surface area contributed by atoms with Crippen molar-refractivity contribution in [3.8, 4) is 0 Å². The first kappa shape index (κ1) is 25.6. The van der Waals surface area contributed by atoms with Gasteiger partial charge in [0.25, 0.3) is 0 Å². The third-order valence-corrected chi connectivity index (χ3v) is 5.59. The fourth-order valence-corrected chi connectivity index (χ4v) is 4.26. The number of halogens is 2. The number of rotatable bonds is 5. The Morgan fingerprint density at radius 2 is 1.91 bits per heavy atom. The molecule has 3 atom stereocenters. The van der Waals surface area contributed by atoms with Crippen LogP contribution in [0.1, 0.15) is 41.0 Å². The Bertz CT molecular complexity index is 1020. The van der Waals surface area contributed by atoms with Crippen molar-refractivity contribution >= 4 is 29.1 Å². The van der Waals surface area contributed by atoms with E-state index in [2.05, 4.69) is 16.9 Å². The monoisotopic (exact) mass is 479 g/mol. The smallest absolute Gasteiger partial charge is 0.411 e. The van der Waals surface area contributed by atoms with Crippen LogP contribution in [0.2, 0.25) is 0 Å². The number of fused-ring (bicyclic) bond motifs is 1. The third-order valence-electron chi connectivity index (χ3n) is 5.59. The highest BCUT2D eigenvalue weighted by molar-refractivity contribution is 6.05. The van der Waals surface area contributed by atoms with Crippen LogP contribution in [-0.2, 0) is 19.0 Å². The summed E-state index contributed by atoms with van der Waals surface area (Å²) >= 11 is 0. The number of hydrogen-bond acceptors (Lipinski definition) is 7. The number of likely N-dealkylation sites (tertiary alicyclic amines) is 1. The number of carbonyl (C=O) groups excluding carboxylic acids is 2. The van der Waals surface area contributed by atoms with Gasteiger partial charge in [-0.05, 0) is 52.8 Å². The van der Waals surface area contributed by atoms with Gasteiger partial charge < -0.3 is 19.5 Å². The van der Waals surface area contributed by atoms with Gasteiger partial charge in [-0.3, -0.25) is 4.90 Å². The number of hydrogen-bond donors (Lipinski definition) is 1. The summed E-state index contributed by atoms with van der Waals surface area (Å²) in [4.78, 5) is 30.7. The molecule has 0 spiro atoms. The van der Waals surface area contributed by atoms with E-state index in [1.165, 1.54) is 18.9 Å². The van der Waals surface area contributed by atoms with E-state index in [0.29, 0.717) is 17.5 Å². The summed E-state index contributed by atoms with van der Waals surface area (Å²) in [6.45, 7) is 11.3. The van der Waals surface area contributed by atoms with E-state index in [4.69, 9.17) is 14.2 Å². The van der Waals surface area contributed by atoms with E-state index < -0.39 is 46.7 Å². The average Bonchev–Trinajstić information content (AvgIpc) is 3.08. The normalized spacial score (nSPS) is 26.8. The number of allylic oxidation sites excluding steroid dienone is 1. The predicted octanol–water partition coefficient (Wildman–Crippen LogP) is 4.68. The number of methoxy groups -OCH3 is 1. The molecule has 2 heterocycles. The standard InChI is InChI=1S/C24H31F2N3O5/c1-8-24(25,26)19-23(6,28-16-12-10-9-11-15(16)27-19)34-22(5)13-17(18(30)32-7)29(14-22)20(31)33-21(2,3)4/h8-12,17,28H,1,13-14H2,2-7H3. The number of alkyl halides is 2. The van der Waals surface area contributed by atoms with Crippen LogP contribution in [-0.4, -0.2) is 65.2 Å². The van der Waals surface area contributed by atoms with Crippen molar-refractivity contribution in [2.75, 3.05) is 19.0 Å². The lowest BCUT2D eigenvalue weighted by Crippen LogP contribution is -2.58. The quantitative estimate of drug-likeness (QED) is 0.487. The minimum absolute atomic E-state index is 0.00474. The summed E-state index contributed by atoms with van der Waals surface area (Å²) in [5, 5.41) is 3.02. The molecule has 0 bridgehead atoms. The summed E-state index contributed by atoms with van der Waals surface area (Å²) in [6, 6.07) is 5.73. The zero-order valence-corrected chi connectivity index (χ0v) is 20.3. The molecular weight excluding hydrogens is 448 g/mol. The van der Waals surface area contributed by atoms with Crippen LogP contribution < -0.4 is 5.32 Å². The van der Waals surface area contributed by atoms with Crippen LogP contribution in [0.3, 0.4) is 0 Å². The maximum absolute atomic E-state index is 14.9. The molecular formula is C24H31F2N3O5. The lowest BCUT2D eigenvalue weighted by Gasteiger charge is -2.43. The average molecular weight is 480 g/mol. The number of carbonyl (C=O) groups is 2. The Hall–Kier alpha value is -3.01. The number of anilines is 1. The predicted molar refractivity (Wildman–Crippen MR) is 124 cm³/mol. The first-order valence-electron chi connectivity index (χ1n) is 10.9. The Balaban J connectivity index is 1.98. The highest BCUT2D eigenvalue weighted by Gasteiger charge is 2.56. The fraction of sp³-hybridized carbons (Fsp3) is 0.542. The van der Waals surface area contributed by atoms with E-state index in [0.717, 1.165) is 0 Å². The van der Waals surface area contributed by atoms with Gasteiger partial charge in [0.05, 0.1) is 30.6 Å². The molecule has 0 radical (unpaired) electrons. The van der Waals surface area contributed by atoms with Crippen LogP contribution in [0.5, 0.6) is 0 Å². The van der Waals surface area contributed by atoms with Gasteiger partial charge in [-0.15, -0.1) is 0 Å². The van der Waals surface area contributed by atoms with Gasteiger partial charge in [0, 0.05) is 6.42 Å². The van der Waals surface area contributed by atoms with Crippen LogP contribution in [0, 0.1) is 0 Å². The third kappa shape index (κ3) is 5.06. The highest BCUT2D eigenvalue weighted by atomic mass is 19.3. The van der Waals surface area contributed by atoms with Gasteiger partial charge in [0.1, 0.15) is 17.4 Å². The highest BCUT2D eigenvalue weighted by Crippen LogP contribution is 2.43. The Kier molecular flexibility index (Phi) is 6.51. The Morgan fingerprint density at radius 1 is 1.26 bits per heavy atom. The number of aliphatic imine (C=N–C) groups is 1. The number of benzene rings is 1. The van der Waals surface area contributed by atoms with Crippen molar-refractivity contribution in [2.45, 2.75) is 69.9 Å². The van der Waals surface area contributed by atoms with Gasteiger partial charge in [-0.1, -0.05) is 18.7 Å². The number of amides is 1. The van der Waals surface area contributed by atoms with Gasteiger partial charge in [-0.25, -0.2) is 14.6 Å². The summed E-state index contributed by atoms with van der Waals surface area (Å²) in [5.74, 6) is -4.15. The maximum atomic E-state index is 14.9. The molecule has 3 unspecified atom stereocenters. The zero-order chi connectivity index (χ0) is 25.5. The van der Waals surface area contributed by atoms with E-state index in [1.54, 1.807) is 52.0 Å². The van der Waals surface area contributed by atoms with Crippen molar-refractivity contribution in [2.24, 2.45) is 4.99 Å². The Labute approximate surface area is 197 Å². The van der Waals surface area contributed by atoms with Crippen LogP contribution in [0.15, 0.2) is 41.9 Å². The lowest BCUT2D eigenvalue weighted by atomic mass is 9.96. The van der Waals surface area contributed by atoms with Gasteiger partial charge in [-0.2, -0.15) is 8.78 Å². The molecule has 1 fully saturated rings. The van der Waals surface area contributed by atoms with E-state index in [-0.39, 0.29) is 13.0 Å². The Morgan fingerprint density at radius 3 is 2.50 bits per heavy atom. The SMILES string of the molecule is C=CC(F)(F)C1=Nc2ccccc2NC1(C)OC1(C)CC(C(=O)OC)N(C(=O)OC(C)(C)C)C1. The summed E-state index contributed by atoms with van der Waals surface area (Å²) in [5.41, 5.74) is -3.54. The molecule has 3 rings (SSSR count). The molecule has 10 heteroatoms. The molecule has 8 nitrogen and oxygen atoms in total. The van der Waals surface area contributed by atoms with Crippen molar-refractivity contribution in [3.63, 3.8) is 0 Å². The molecule has 0 aliphatic carbocycles. The fourth-order valence-electron chi connectivity index (χ4n) is 4.26. The number of esters is 1. The molecule has 1 aromatic rings. The van der Waals surface area contributed by atoms with E-state index in [9.17, 15) is 18.4 Å². The first-order chi connectivity index (χ1) is 15.6. The zero-order valence-electron chi connectivity index (χ0n) is 20.3. The minimum Gasteiger partial charge on any atom is -0.467 e. The van der Waals surface area contributed by atoms with Gasteiger partial charge in [0.2, 0.25) is 0 Å². The molecule has 2 aliphatic heterocycles. The van der Waals surface area contributed by atoms with Crippen LogP contribution in [0.4, 0.5) is 25.0 Å². The van der Waals surface area contributed by atoms with E-state index in [1.807, 2.05) is 0 Å². The van der Waals surface area contributed by atoms with Crippen molar-refractivity contribution in [1.29, 1.82) is 0 Å². The molecule has 34 heavy (non-hydrogen) atoms. The molecule has 0 aromatic heterocycles. The van der Waals surface area contributed by atoms with Gasteiger partial charge in [0.15, 0.2) is 5.72 Å². The molecule has 2 aliphatic rings. The molecule has 1 saturated heterocycles. The lowest BCUT2D eigenvalue weighted by molar-refractivity contribution is -0.146. The molecule has 1 amide bonds. The topological polar surface area (TPSA) is 89.5 Å². The number of nitrogens with zero attached hydrogens (tertiary/aromatic N) is 2. The molecule has 1 aromatic carbocycles. The number of nitrogens with one attached hydrogen (secondary N) is 1. The first-order valence-corrected chi connectivity index (χ1v) is 10.9. The number of ether oxygens (including phenoxy) is 3. The van der Waals surface area contributed by atoms with Crippen molar-refractivity contribution < 1.29 is 32.6 Å². The van der Waals surface area contributed by atoms with Gasteiger partial charge >= 0.3 is 18.0 Å². The summed E-state index contributed by atoms with van der Waals surface area (Å²) in [6.07, 6.45) is -0.220. The van der Waals surface area contributed by atoms with Crippen molar-refractivity contribution in [3.05, 3.63) is 36.9 Å². The number of para-hydroxylation sites is 2. The maximum Gasteiger partial charge on any atom is 0.411 e. The largest absolute Gasteiger partial charge is 0.467 e.